The van der Waals surface area contributed by atoms with Gasteiger partial charge in [-0.15, -0.1) is 0 Å². The van der Waals surface area contributed by atoms with Crippen molar-refractivity contribution >= 4 is 28.7 Å². The van der Waals surface area contributed by atoms with Crippen LogP contribution in [0.2, 0.25) is 0 Å². The monoisotopic (exact) mass is 309 g/mol. The number of aryl methyl sites for hydroxylation is 1. The minimum Gasteiger partial charge on any atom is -0.331 e. The Morgan fingerprint density at radius 3 is 2.73 bits per heavy atom. The van der Waals surface area contributed by atoms with Gasteiger partial charge in [-0.25, -0.2) is 0 Å². The average molecular weight is 309 g/mol. The van der Waals surface area contributed by atoms with E-state index in [0.717, 1.165) is 17.8 Å². The lowest BCUT2D eigenvalue weighted by atomic mass is 10.1. The minimum atomic E-state index is 0.555. The zero-order chi connectivity index (χ0) is 15.5. The molecule has 1 aliphatic rings. The fourth-order valence-electron chi connectivity index (χ4n) is 2.57. The number of anilines is 1. The molecule has 0 fully saturated rings. The molecule has 0 saturated carbocycles. The molecule has 3 rings (SSSR count). The van der Waals surface area contributed by atoms with Crippen molar-refractivity contribution in [3.05, 3.63) is 70.8 Å². The fourth-order valence-corrected chi connectivity index (χ4v) is 2.73. The van der Waals surface area contributed by atoms with Crippen molar-refractivity contribution in [1.29, 1.82) is 0 Å². The quantitative estimate of drug-likeness (QED) is 0.597. The number of rotatable bonds is 3. The molecule has 0 radical (unpaired) electrons. The van der Waals surface area contributed by atoms with Gasteiger partial charge in [-0.2, -0.15) is 0 Å². The summed E-state index contributed by atoms with van der Waals surface area (Å²) in [6.07, 6.45) is 3.12. The van der Waals surface area contributed by atoms with E-state index in [2.05, 4.69) is 60.4 Å². The first kappa shape index (κ1) is 14.6. The van der Waals surface area contributed by atoms with Crippen molar-refractivity contribution < 1.29 is 0 Å². The van der Waals surface area contributed by atoms with Gasteiger partial charge in [0.15, 0.2) is 5.11 Å². The molecular formula is C18H19N3S. The van der Waals surface area contributed by atoms with Crippen molar-refractivity contribution in [2.45, 2.75) is 20.3 Å². The number of hydrogen-bond acceptors (Lipinski definition) is 2. The predicted molar refractivity (Wildman–Crippen MR) is 96.5 cm³/mol. The van der Waals surface area contributed by atoms with Gasteiger partial charge in [0.25, 0.3) is 0 Å². The van der Waals surface area contributed by atoms with Crippen LogP contribution in [0.25, 0.3) is 5.70 Å². The fraction of sp³-hybridized carbons (Fsp3) is 0.167. The lowest BCUT2D eigenvalue weighted by Gasteiger charge is -2.16. The highest BCUT2D eigenvalue weighted by atomic mass is 32.1. The minimum absolute atomic E-state index is 0.555. The number of benzene rings is 2. The molecule has 2 aromatic rings. The van der Waals surface area contributed by atoms with Crippen LogP contribution in [-0.4, -0.2) is 5.11 Å². The first-order chi connectivity index (χ1) is 10.6. The smallest absolute Gasteiger partial charge is 0.189 e. The van der Waals surface area contributed by atoms with Gasteiger partial charge in [0.05, 0.1) is 5.70 Å². The van der Waals surface area contributed by atoms with E-state index in [1.54, 1.807) is 0 Å². The van der Waals surface area contributed by atoms with E-state index in [9.17, 15) is 0 Å². The summed E-state index contributed by atoms with van der Waals surface area (Å²) in [5.41, 5.74) is 13.4. The van der Waals surface area contributed by atoms with Crippen LogP contribution in [0.5, 0.6) is 0 Å². The average Bonchev–Trinajstić information content (AvgIpc) is 2.93. The van der Waals surface area contributed by atoms with Gasteiger partial charge in [-0.05, 0) is 55.2 Å². The molecule has 0 amide bonds. The Morgan fingerprint density at radius 1 is 1.05 bits per heavy atom. The Bertz CT molecular complexity index is 750. The molecule has 22 heavy (non-hydrogen) atoms. The van der Waals surface area contributed by atoms with Gasteiger partial charge < -0.3 is 5.32 Å². The Morgan fingerprint density at radius 2 is 1.86 bits per heavy atom. The lowest BCUT2D eigenvalue weighted by molar-refractivity contribution is 0.850. The van der Waals surface area contributed by atoms with Crippen molar-refractivity contribution in [2.24, 2.45) is 0 Å². The van der Waals surface area contributed by atoms with Crippen LogP contribution in [0, 0.1) is 13.8 Å². The van der Waals surface area contributed by atoms with Crippen LogP contribution in [0.3, 0.4) is 0 Å². The molecule has 0 aliphatic heterocycles. The third kappa shape index (κ3) is 2.97. The molecule has 112 valence electrons. The van der Waals surface area contributed by atoms with Crippen LogP contribution >= 0.6 is 12.2 Å². The summed E-state index contributed by atoms with van der Waals surface area (Å²) in [5.74, 6) is 0. The van der Waals surface area contributed by atoms with Crippen LogP contribution in [0.4, 0.5) is 5.69 Å². The molecule has 2 aromatic carbocycles. The maximum Gasteiger partial charge on any atom is 0.189 e. The molecule has 0 saturated heterocycles. The Labute approximate surface area is 136 Å². The first-order valence-electron chi connectivity index (χ1n) is 7.33. The van der Waals surface area contributed by atoms with E-state index < -0.39 is 0 Å². The number of nitrogens with one attached hydrogen (secondary N) is 3. The van der Waals surface area contributed by atoms with E-state index in [0.29, 0.717) is 5.11 Å². The molecule has 3 N–H and O–H groups in total. The summed E-state index contributed by atoms with van der Waals surface area (Å²) in [6, 6.07) is 14.5. The Balaban J connectivity index is 1.61. The van der Waals surface area contributed by atoms with Crippen LogP contribution in [0.1, 0.15) is 22.3 Å². The lowest BCUT2D eigenvalue weighted by Crippen LogP contribution is -2.39. The van der Waals surface area contributed by atoms with Crippen molar-refractivity contribution in [1.82, 2.24) is 10.9 Å². The summed E-state index contributed by atoms with van der Waals surface area (Å²) in [4.78, 5) is 0. The molecule has 1 aliphatic carbocycles. The number of fused-ring (bicyclic) bond motifs is 1. The van der Waals surface area contributed by atoms with E-state index in [1.807, 2.05) is 18.2 Å². The summed E-state index contributed by atoms with van der Waals surface area (Å²) in [5, 5.41) is 3.78. The van der Waals surface area contributed by atoms with Crippen molar-refractivity contribution in [3.63, 3.8) is 0 Å². The van der Waals surface area contributed by atoms with E-state index >= 15 is 0 Å². The topological polar surface area (TPSA) is 36.1 Å². The van der Waals surface area contributed by atoms with Gasteiger partial charge in [-0.3, -0.25) is 10.9 Å². The maximum atomic E-state index is 5.36. The number of hydrogen-bond donors (Lipinski definition) is 3. The highest BCUT2D eigenvalue weighted by Crippen LogP contribution is 2.24. The van der Waals surface area contributed by atoms with Crippen LogP contribution in [0.15, 0.2) is 48.5 Å². The molecule has 3 nitrogen and oxygen atoms in total. The predicted octanol–water partition coefficient (Wildman–Crippen LogP) is 3.69. The molecule has 0 heterocycles. The summed E-state index contributed by atoms with van der Waals surface area (Å²) < 4.78 is 0. The highest BCUT2D eigenvalue weighted by molar-refractivity contribution is 7.80. The molecule has 0 unspecified atom stereocenters. The van der Waals surface area contributed by atoms with Gasteiger partial charge in [0, 0.05) is 11.3 Å². The van der Waals surface area contributed by atoms with Gasteiger partial charge in [0.2, 0.25) is 0 Å². The molecule has 4 heteroatoms. The number of allylic oxidation sites excluding steroid dienone is 1. The summed E-state index contributed by atoms with van der Waals surface area (Å²) in [7, 11) is 0. The molecule has 0 aromatic heterocycles. The second-order valence-electron chi connectivity index (χ2n) is 5.43. The van der Waals surface area contributed by atoms with E-state index in [-0.39, 0.29) is 0 Å². The molecular weight excluding hydrogens is 290 g/mol. The van der Waals surface area contributed by atoms with Crippen molar-refractivity contribution in [3.8, 4) is 0 Å². The molecule has 0 bridgehead atoms. The second-order valence-corrected chi connectivity index (χ2v) is 5.84. The molecule has 0 atom stereocenters. The van der Waals surface area contributed by atoms with Crippen LogP contribution in [-0.2, 0) is 6.42 Å². The van der Waals surface area contributed by atoms with Gasteiger partial charge in [0.1, 0.15) is 0 Å². The van der Waals surface area contributed by atoms with E-state index in [4.69, 9.17) is 12.2 Å². The third-order valence-electron chi connectivity index (χ3n) is 4.00. The Hall–Kier alpha value is -2.33. The number of hydrazine groups is 1. The number of thiocarbonyl (C=S) groups is 1. The highest BCUT2D eigenvalue weighted by Gasteiger charge is 2.13. The largest absolute Gasteiger partial charge is 0.331 e. The SMILES string of the molecule is Cc1cccc(NC(=S)NNC2=CCc3ccccc32)c1C. The third-order valence-corrected chi connectivity index (χ3v) is 4.20. The first-order valence-corrected chi connectivity index (χ1v) is 7.73. The van der Waals surface area contributed by atoms with Gasteiger partial charge in [-0.1, -0.05) is 42.5 Å². The normalized spacial score (nSPS) is 12.4. The summed E-state index contributed by atoms with van der Waals surface area (Å²) in [6.45, 7) is 4.18. The Kier molecular flexibility index (Phi) is 4.11. The van der Waals surface area contributed by atoms with Gasteiger partial charge >= 0.3 is 0 Å². The van der Waals surface area contributed by atoms with E-state index in [1.165, 1.54) is 22.3 Å². The zero-order valence-electron chi connectivity index (χ0n) is 12.7. The molecule has 0 spiro atoms. The van der Waals surface area contributed by atoms with Crippen LogP contribution < -0.4 is 16.2 Å². The van der Waals surface area contributed by atoms with Crippen molar-refractivity contribution in [2.75, 3.05) is 5.32 Å². The second kappa shape index (κ2) is 6.20. The maximum absolute atomic E-state index is 5.36. The zero-order valence-corrected chi connectivity index (χ0v) is 13.6. The summed E-state index contributed by atoms with van der Waals surface area (Å²) >= 11 is 5.36. The standard InChI is InChI=1S/C18H19N3S/c1-12-6-5-9-16(13(12)2)19-18(22)21-20-17-11-10-14-7-3-4-8-15(14)17/h3-9,11,20H,10H2,1-2H3,(H2,19,21,22).